The zero-order chi connectivity index (χ0) is 17.5. The number of hydrogen-bond acceptors (Lipinski definition) is 2. The average Bonchev–Trinajstić information content (AvgIpc) is 2.48. The van der Waals surface area contributed by atoms with Crippen molar-refractivity contribution in [1.82, 2.24) is 0 Å². The van der Waals surface area contributed by atoms with Gasteiger partial charge >= 0.3 is 0 Å². The summed E-state index contributed by atoms with van der Waals surface area (Å²) in [5.74, 6) is 3.64. The highest BCUT2D eigenvalue weighted by Gasteiger charge is 2.33. The van der Waals surface area contributed by atoms with E-state index in [-0.39, 0.29) is 11.0 Å². The van der Waals surface area contributed by atoms with Crippen molar-refractivity contribution >= 4 is 19.8 Å². The van der Waals surface area contributed by atoms with Crippen molar-refractivity contribution in [3.05, 3.63) is 29.8 Å². The van der Waals surface area contributed by atoms with E-state index in [1.54, 1.807) is 0 Å². The molecule has 0 aliphatic carbocycles. The van der Waals surface area contributed by atoms with Gasteiger partial charge in [0.15, 0.2) is 0 Å². The minimum Gasteiger partial charge on any atom is -0.225 e. The van der Waals surface area contributed by atoms with E-state index in [2.05, 4.69) is 81.2 Å². The van der Waals surface area contributed by atoms with Crippen molar-refractivity contribution < 1.29 is 0 Å². The molecule has 1 unspecified atom stereocenters. The van der Waals surface area contributed by atoms with Crippen LogP contribution in [-0.2, 0) is 0 Å². The molecule has 0 N–H and O–H groups in total. The van der Waals surface area contributed by atoms with Crippen molar-refractivity contribution in [1.29, 1.82) is 0 Å². The summed E-state index contributed by atoms with van der Waals surface area (Å²) >= 11 is 0. The van der Waals surface area contributed by atoms with Crippen LogP contribution in [0.1, 0.15) is 52.5 Å². The molecule has 0 saturated carbocycles. The van der Waals surface area contributed by atoms with Gasteiger partial charge in [-0.1, -0.05) is 59.0 Å². The van der Waals surface area contributed by atoms with E-state index in [4.69, 9.17) is 0 Å². The van der Waals surface area contributed by atoms with Gasteiger partial charge in [-0.25, -0.2) is 4.99 Å². The number of benzene rings is 1. The number of rotatable bonds is 4. The van der Waals surface area contributed by atoms with Crippen LogP contribution in [0.5, 0.6) is 0 Å². The molecule has 0 saturated heterocycles. The van der Waals surface area contributed by atoms with E-state index in [0.29, 0.717) is 0 Å². The number of para-hydroxylation sites is 1. The van der Waals surface area contributed by atoms with Crippen molar-refractivity contribution in [2.45, 2.75) is 65.1 Å². The summed E-state index contributed by atoms with van der Waals surface area (Å²) in [6.45, 7) is 16.6. The molecule has 1 atom stereocenters. The lowest BCUT2D eigenvalue weighted by Gasteiger charge is -2.31. The summed E-state index contributed by atoms with van der Waals surface area (Å²) in [5, 5.41) is 0.282. The molecular weight excluding hydrogens is 296 g/mol. The van der Waals surface area contributed by atoms with Crippen LogP contribution in [0.25, 0.3) is 0 Å². The van der Waals surface area contributed by atoms with Gasteiger partial charge in [-0.3, -0.25) is 0 Å². The van der Waals surface area contributed by atoms with Crippen LogP contribution in [0.4, 0.5) is 5.69 Å². The van der Waals surface area contributed by atoms with E-state index < -0.39 is 8.07 Å². The molecule has 3 heteroatoms. The third-order valence-corrected chi connectivity index (χ3v) is 8.98. The van der Waals surface area contributed by atoms with Gasteiger partial charge in [0.1, 0.15) is 8.07 Å². The van der Waals surface area contributed by atoms with Crippen LogP contribution in [0.2, 0.25) is 18.1 Å². The lowest BCUT2D eigenvalue weighted by Crippen LogP contribution is -2.35. The second kappa shape index (κ2) is 8.29. The Morgan fingerprint density at radius 1 is 1.17 bits per heavy atom. The van der Waals surface area contributed by atoms with Crippen LogP contribution in [-0.4, -0.2) is 20.6 Å². The van der Waals surface area contributed by atoms with E-state index >= 15 is 0 Å². The number of aliphatic imine (C=N–C) groups is 2. The molecule has 0 fully saturated rings. The summed E-state index contributed by atoms with van der Waals surface area (Å²) in [6, 6.07) is 11.0. The zero-order valence-electron chi connectivity index (χ0n) is 15.7. The molecule has 0 bridgehead atoms. The third-order valence-electron chi connectivity index (χ3n) is 4.46. The standard InChI is InChI=1S/C20H30N2Si/c1-8-14-21-16-22-19-12-10-9-11-18(19)17(2)13-15-23(6,7)20(3,4)5/h9-12,17H,8,14H2,1-7H3. The quantitative estimate of drug-likeness (QED) is 0.365. The Labute approximate surface area is 143 Å². The molecule has 0 heterocycles. The number of hydrogen-bond donors (Lipinski definition) is 0. The normalized spacial score (nSPS) is 12.7. The van der Waals surface area contributed by atoms with E-state index in [1.165, 1.54) is 0 Å². The Morgan fingerprint density at radius 2 is 1.83 bits per heavy atom. The van der Waals surface area contributed by atoms with Gasteiger partial charge in [0, 0.05) is 12.5 Å². The summed E-state index contributed by atoms with van der Waals surface area (Å²) in [7, 11) is -1.58. The molecule has 0 aromatic heterocycles. The Balaban J connectivity index is 3.07. The molecular formula is C20H30N2Si. The van der Waals surface area contributed by atoms with E-state index in [0.717, 1.165) is 24.2 Å². The Morgan fingerprint density at radius 3 is 2.43 bits per heavy atom. The highest BCUT2D eigenvalue weighted by Crippen LogP contribution is 2.35. The molecule has 1 aromatic carbocycles. The minimum atomic E-state index is -1.58. The molecule has 0 aliphatic heterocycles. The maximum atomic E-state index is 4.38. The fraction of sp³-hybridized carbons (Fsp3) is 0.550. The molecule has 0 aliphatic rings. The van der Waals surface area contributed by atoms with Crippen LogP contribution >= 0.6 is 0 Å². The van der Waals surface area contributed by atoms with Gasteiger partial charge in [-0.05, 0) is 30.0 Å². The smallest absolute Gasteiger partial charge is 0.137 e. The Bertz CT molecular complexity index is 636. The van der Waals surface area contributed by atoms with Crippen LogP contribution in [0, 0.1) is 11.5 Å². The van der Waals surface area contributed by atoms with Crippen LogP contribution in [0.15, 0.2) is 34.3 Å². The minimum absolute atomic E-state index is 0.164. The second-order valence-corrected chi connectivity index (χ2v) is 12.5. The maximum absolute atomic E-state index is 4.38. The molecule has 124 valence electrons. The first-order valence-corrected chi connectivity index (χ1v) is 11.4. The Hall–Kier alpha value is -1.62. The van der Waals surface area contributed by atoms with Crippen molar-refractivity contribution in [3.63, 3.8) is 0 Å². The predicted molar refractivity (Wildman–Crippen MR) is 105 cm³/mol. The highest BCUT2D eigenvalue weighted by molar-refractivity contribution is 6.87. The largest absolute Gasteiger partial charge is 0.225 e. The van der Waals surface area contributed by atoms with Gasteiger partial charge in [0.25, 0.3) is 0 Å². The molecule has 0 spiro atoms. The molecule has 0 amide bonds. The Kier molecular flexibility index (Phi) is 7.00. The first-order chi connectivity index (χ1) is 10.7. The molecule has 1 rings (SSSR count). The summed E-state index contributed by atoms with van der Waals surface area (Å²) in [4.78, 5) is 8.54. The molecule has 0 radical (unpaired) electrons. The summed E-state index contributed by atoms with van der Waals surface area (Å²) in [6.07, 6.45) is 1.01. The lowest BCUT2D eigenvalue weighted by molar-refractivity contribution is 0.730. The van der Waals surface area contributed by atoms with E-state index in [1.807, 2.05) is 18.2 Å². The predicted octanol–water partition coefficient (Wildman–Crippen LogP) is 6.06. The summed E-state index contributed by atoms with van der Waals surface area (Å²) < 4.78 is 0. The van der Waals surface area contributed by atoms with Crippen molar-refractivity contribution in [3.8, 4) is 11.5 Å². The third kappa shape index (κ3) is 5.82. The molecule has 1 aromatic rings. The van der Waals surface area contributed by atoms with Gasteiger partial charge in [0.2, 0.25) is 0 Å². The number of nitrogens with zero attached hydrogens (tertiary/aromatic N) is 2. The first-order valence-electron chi connectivity index (χ1n) is 8.43. The molecule has 2 nitrogen and oxygen atoms in total. The van der Waals surface area contributed by atoms with Crippen molar-refractivity contribution in [2.75, 3.05) is 6.54 Å². The fourth-order valence-corrected chi connectivity index (χ4v) is 2.71. The average molecular weight is 327 g/mol. The molecule has 23 heavy (non-hydrogen) atoms. The van der Waals surface area contributed by atoms with Crippen LogP contribution < -0.4 is 0 Å². The van der Waals surface area contributed by atoms with Gasteiger partial charge < -0.3 is 0 Å². The van der Waals surface area contributed by atoms with Crippen molar-refractivity contribution in [2.24, 2.45) is 9.98 Å². The second-order valence-electron chi connectivity index (χ2n) is 7.52. The van der Waals surface area contributed by atoms with Crippen LogP contribution in [0.3, 0.4) is 0 Å². The lowest BCUT2D eigenvalue weighted by atomic mass is 10.0. The fourth-order valence-electron chi connectivity index (χ4n) is 1.76. The van der Waals surface area contributed by atoms with E-state index in [9.17, 15) is 0 Å². The first kappa shape index (κ1) is 19.4. The monoisotopic (exact) mass is 326 g/mol. The maximum Gasteiger partial charge on any atom is 0.137 e. The zero-order valence-corrected chi connectivity index (χ0v) is 16.7. The van der Waals surface area contributed by atoms with Gasteiger partial charge in [-0.15, -0.1) is 11.5 Å². The topological polar surface area (TPSA) is 24.7 Å². The highest BCUT2D eigenvalue weighted by atomic mass is 28.3. The van der Waals surface area contributed by atoms with Gasteiger partial charge in [-0.2, -0.15) is 4.99 Å². The summed E-state index contributed by atoms with van der Waals surface area (Å²) in [5.41, 5.74) is 5.68. The van der Waals surface area contributed by atoms with Gasteiger partial charge in [0.05, 0.1) is 11.7 Å². The SMILES string of the molecule is CCCN=C=Nc1ccccc1C(C)C#C[Si](C)(C)C(C)(C)C.